The van der Waals surface area contributed by atoms with Crippen LogP contribution in [0.2, 0.25) is 10.0 Å². The fourth-order valence-electron chi connectivity index (χ4n) is 5.99. The predicted molar refractivity (Wildman–Crippen MR) is 180 cm³/mol. The van der Waals surface area contributed by atoms with E-state index in [1.165, 1.54) is 0 Å². The van der Waals surface area contributed by atoms with Gasteiger partial charge in [-0.3, -0.25) is 14.7 Å². The summed E-state index contributed by atoms with van der Waals surface area (Å²) in [7, 11) is 3.27. The highest BCUT2D eigenvalue weighted by Gasteiger charge is 2.28. The molecule has 2 fully saturated rings. The summed E-state index contributed by atoms with van der Waals surface area (Å²) in [6, 6.07) is 12.9. The Morgan fingerprint density at radius 1 is 1.02 bits per heavy atom. The molecule has 1 amide bonds. The number of nitrogens with one attached hydrogen (secondary N) is 3. The van der Waals surface area contributed by atoms with Crippen molar-refractivity contribution in [3.63, 3.8) is 0 Å². The zero-order valence-electron chi connectivity index (χ0n) is 26.2. The lowest BCUT2D eigenvalue weighted by Crippen LogP contribution is -2.47. The van der Waals surface area contributed by atoms with Gasteiger partial charge in [0.05, 0.1) is 40.8 Å². The van der Waals surface area contributed by atoms with Crippen LogP contribution in [-0.2, 0) is 22.6 Å². The van der Waals surface area contributed by atoms with Gasteiger partial charge in [-0.2, -0.15) is 0 Å². The summed E-state index contributed by atoms with van der Waals surface area (Å²) in [6.45, 7) is 4.11. The molecule has 10 nitrogen and oxygen atoms in total. The summed E-state index contributed by atoms with van der Waals surface area (Å²) in [5.41, 5.74) is 4.17. The molecule has 13 heteroatoms. The molecule has 246 valence electrons. The van der Waals surface area contributed by atoms with E-state index in [0.29, 0.717) is 83.2 Å². The van der Waals surface area contributed by atoms with Gasteiger partial charge in [0, 0.05) is 92.9 Å². The second-order valence-electron chi connectivity index (χ2n) is 11.8. The van der Waals surface area contributed by atoms with Crippen LogP contribution in [0.3, 0.4) is 0 Å². The number of carbonyl (C=O) groups excluding carboxylic acids is 1. The van der Waals surface area contributed by atoms with Crippen molar-refractivity contribution in [1.29, 1.82) is 0 Å². The molecule has 0 aliphatic carbocycles. The number of methoxy groups -OCH3 is 2. The Bertz CT molecular complexity index is 1760. The molecule has 6 rings (SSSR count). The molecule has 3 aromatic heterocycles. The zero-order chi connectivity index (χ0) is 32.9. The average molecular weight is 681 g/mol. The lowest BCUT2D eigenvalue weighted by Gasteiger charge is -2.38. The van der Waals surface area contributed by atoms with E-state index in [4.69, 9.17) is 37.7 Å². The smallest absolute Gasteiger partial charge is 0.220 e. The fourth-order valence-corrected chi connectivity index (χ4v) is 6.56. The Morgan fingerprint density at radius 2 is 1.83 bits per heavy atom. The molecule has 1 aromatic carbocycles. The molecule has 4 aromatic rings. The minimum atomic E-state index is -0.430. The van der Waals surface area contributed by atoms with Crippen molar-refractivity contribution in [2.45, 2.75) is 32.0 Å². The van der Waals surface area contributed by atoms with Crippen LogP contribution in [0.5, 0.6) is 5.88 Å². The molecular formula is C34H36Cl2FN7O3. The number of benzene rings is 1. The third-order valence-electron chi connectivity index (χ3n) is 8.39. The van der Waals surface area contributed by atoms with Crippen LogP contribution in [0.4, 0.5) is 15.9 Å². The number of rotatable bonds is 13. The number of halogens is 3. The molecule has 0 spiro atoms. The highest BCUT2D eigenvalue weighted by atomic mass is 35.5. The summed E-state index contributed by atoms with van der Waals surface area (Å²) in [6.07, 6.45) is 4.56. The third kappa shape index (κ3) is 7.50. The van der Waals surface area contributed by atoms with Crippen LogP contribution in [0.25, 0.3) is 22.5 Å². The van der Waals surface area contributed by atoms with Gasteiger partial charge in [-0.1, -0.05) is 47.5 Å². The number of hydrogen-bond acceptors (Lipinski definition) is 9. The maximum absolute atomic E-state index is 15.5. The fraction of sp³-hybridized carbons (Fsp3) is 0.353. The third-order valence-corrected chi connectivity index (χ3v) is 9.18. The number of hydrogen-bond donors (Lipinski definition) is 3. The zero-order valence-corrected chi connectivity index (χ0v) is 27.7. The van der Waals surface area contributed by atoms with Crippen LogP contribution in [0, 0.1) is 11.7 Å². The van der Waals surface area contributed by atoms with Crippen molar-refractivity contribution in [3.8, 4) is 28.4 Å². The van der Waals surface area contributed by atoms with Crippen molar-refractivity contribution in [1.82, 2.24) is 30.5 Å². The lowest BCUT2D eigenvalue weighted by molar-refractivity contribution is -0.119. The molecule has 3 N–H and O–H groups in total. The number of ether oxygens (including phenoxy) is 2. The van der Waals surface area contributed by atoms with Crippen molar-refractivity contribution in [2.75, 3.05) is 45.8 Å². The van der Waals surface area contributed by atoms with Crippen LogP contribution < -0.4 is 20.7 Å². The molecule has 0 radical (unpaired) electrons. The molecule has 2 aliphatic heterocycles. The van der Waals surface area contributed by atoms with Gasteiger partial charge in [-0.15, -0.1) is 0 Å². The summed E-state index contributed by atoms with van der Waals surface area (Å²) in [5, 5.41) is 10.1. The van der Waals surface area contributed by atoms with Crippen molar-refractivity contribution >= 4 is 40.6 Å². The van der Waals surface area contributed by atoms with Gasteiger partial charge in [0.25, 0.3) is 0 Å². The first-order valence-corrected chi connectivity index (χ1v) is 16.2. The number of likely N-dealkylation sites (tertiary alicyclic amines) is 1. The highest BCUT2D eigenvalue weighted by Crippen LogP contribution is 2.41. The number of anilines is 2. The summed E-state index contributed by atoms with van der Waals surface area (Å²) in [4.78, 5) is 27.1. The van der Waals surface area contributed by atoms with Crippen molar-refractivity contribution < 1.29 is 18.7 Å². The Morgan fingerprint density at radius 3 is 2.60 bits per heavy atom. The molecular weight excluding hydrogens is 644 g/mol. The van der Waals surface area contributed by atoms with Gasteiger partial charge < -0.3 is 25.4 Å². The van der Waals surface area contributed by atoms with Gasteiger partial charge in [-0.05, 0) is 24.6 Å². The lowest BCUT2D eigenvalue weighted by atomic mass is 10.0. The molecule has 2 saturated heterocycles. The molecule has 0 bridgehead atoms. The topological polar surface area (TPSA) is 114 Å². The van der Waals surface area contributed by atoms with Crippen molar-refractivity contribution in [2.24, 2.45) is 5.92 Å². The Kier molecular flexibility index (Phi) is 10.5. The Balaban J connectivity index is 1.19. The minimum Gasteiger partial charge on any atom is -0.481 e. The van der Waals surface area contributed by atoms with E-state index in [1.807, 2.05) is 30.3 Å². The summed E-state index contributed by atoms with van der Waals surface area (Å²) >= 11 is 13.8. The van der Waals surface area contributed by atoms with E-state index in [0.717, 1.165) is 25.1 Å². The van der Waals surface area contributed by atoms with Gasteiger partial charge in [0.1, 0.15) is 0 Å². The molecule has 5 heterocycles. The standard InChI is InChI=1S/C34H36Cl2FN7O3/c1-46-19-20-16-44(17-20)18-22-10-12-40-33(31(22)37)42-27-11-13-39-32(30(27)36)25-5-3-4-24(29(25)35)26-8-6-21(34(43-26)47-2)14-38-15-23-7-9-28(45)41-23/h3-6,8,10-13,20,23,38H,7,9,14-19H2,1-2H3,(H,41,45)(H,39,40,42). The van der Waals surface area contributed by atoms with Crippen LogP contribution in [0.1, 0.15) is 24.0 Å². The Hall–Kier alpha value is -3.87. The summed E-state index contributed by atoms with van der Waals surface area (Å²) in [5.74, 6) is 0.676. The number of pyridine rings is 3. The van der Waals surface area contributed by atoms with Gasteiger partial charge in [0.15, 0.2) is 11.6 Å². The van der Waals surface area contributed by atoms with E-state index in [1.54, 1.807) is 38.7 Å². The van der Waals surface area contributed by atoms with Gasteiger partial charge >= 0.3 is 0 Å². The van der Waals surface area contributed by atoms with E-state index in [9.17, 15) is 4.79 Å². The number of nitrogens with zero attached hydrogens (tertiary/aromatic N) is 4. The first kappa shape index (κ1) is 33.0. The first-order valence-electron chi connectivity index (χ1n) is 15.4. The van der Waals surface area contributed by atoms with E-state index in [-0.39, 0.29) is 22.8 Å². The normalized spacial score (nSPS) is 16.6. The largest absolute Gasteiger partial charge is 0.481 e. The first-order chi connectivity index (χ1) is 22.8. The molecule has 1 atom stereocenters. The Labute approximate surface area is 283 Å². The van der Waals surface area contributed by atoms with E-state index in [2.05, 4.69) is 30.8 Å². The number of aromatic nitrogens is 3. The molecule has 47 heavy (non-hydrogen) atoms. The van der Waals surface area contributed by atoms with Crippen LogP contribution in [0.15, 0.2) is 54.9 Å². The van der Waals surface area contributed by atoms with Crippen molar-refractivity contribution in [3.05, 3.63) is 81.8 Å². The minimum absolute atomic E-state index is 0.0780. The quantitative estimate of drug-likeness (QED) is 0.160. The predicted octanol–water partition coefficient (Wildman–Crippen LogP) is 5.85. The SMILES string of the molecule is COCC1CN(Cc2ccnc(Nc3ccnc(-c4cccc(-c5ccc(CNCC6CCC(=O)N6)c(OC)n5)c4Cl)c3Cl)c2F)C1. The van der Waals surface area contributed by atoms with Crippen LogP contribution in [-0.4, -0.2) is 72.3 Å². The van der Waals surface area contributed by atoms with E-state index >= 15 is 4.39 Å². The average Bonchev–Trinajstić information content (AvgIpc) is 3.47. The maximum atomic E-state index is 15.5. The second-order valence-corrected chi connectivity index (χ2v) is 12.5. The molecule has 1 unspecified atom stereocenters. The molecule has 0 saturated carbocycles. The number of amides is 1. The van der Waals surface area contributed by atoms with E-state index < -0.39 is 5.82 Å². The second kappa shape index (κ2) is 14.9. The highest BCUT2D eigenvalue weighted by molar-refractivity contribution is 6.39. The monoisotopic (exact) mass is 679 g/mol. The number of carbonyl (C=O) groups is 1. The molecule has 2 aliphatic rings. The van der Waals surface area contributed by atoms with Gasteiger partial charge in [0.2, 0.25) is 11.8 Å². The summed E-state index contributed by atoms with van der Waals surface area (Å²) < 4.78 is 26.4. The van der Waals surface area contributed by atoms with Crippen LogP contribution >= 0.6 is 23.2 Å². The maximum Gasteiger partial charge on any atom is 0.220 e. The van der Waals surface area contributed by atoms with Gasteiger partial charge in [-0.25, -0.2) is 14.4 Å².